The monoisotopic (exact) mass is 566 g/mol. The van der Waals surface area contributed by atoms with Crippen LogP contribution in [0.25, 0.3) is 0 Å². The van der Waals surface area contributed by atoms with Gasteiger partial charge >= 0.3 is 17.9 Å². The number of benzene rings is 1. The summed E-state index contributed by atoms with van der Waals surface area (Å²) in [6.45, 7) is 1.47. The van der Waals surface area contributed by atoms with Gasteiger partial charge in [-0.15, -0.1) is 0 Å². The topological polar surface area (TPSA) is 180 Å². The first-order chi connectivity index (χ1) is 19.1. The van der Waals surface area contributed by atoms with Gasteiger partial charge in [-0.25, -0.2) is 9.59 Å². The van der Waals surface area contributed by atoms with Gasteiger partial charge < -0.3 is 39.7 Å². The summed E-state index contributed by atoms with van der Waals surface area (Å²) in [6.07, 6.45) is 11.7. The van der Waals surface area contributed by atoms with E-state index in [0.29, 0.717) is 6.42 Å². The SMILES string of the molecule is CCCCCCCCCCCCCCCC(=O)OC1=C(O)C(=O)OC1C(O)COC(=O)c1cc(O)c(O)c(O)c1. The van der Waals surface area contributed by atoms with Crippen molar-refractivity contribution in [1.82, 2.24) is 0 Å². The Hall–Kier alpha value is -3.47. The Morgan fingerprint density at radius 3 is 1.88 bits per heavy atom. The molecule has 0 aliphatic carbocycles. The van der Waals surface area contributed by atoms with Crippen LogP contribution in [-0.2, 0) is 23.8 Å². The van der Waals surface area contributed by atoms with Crippen LogP contribution in [0.1, 0.15) is 107 Å². The van der Waals surface area contributed by atoms with E-state index in [1.54, 1.807) is 0 Å². The van der Waals surface area contributed by atoms with Gasteiger partial charge in [0.1, 0.15) is 12.7 Å². The fourth-order valence-corrected chi connectivity index (χ4v) is 4.33. The Morgan fingerprint density at radius 1 is 0.850 bits per heavy atom. The lowest BCUT2D eigenvalue weighted by atomic mass is 10.0. The molecule has 0 saturated carbocycles. The van der Waals surface area contributed by atoms with Crippen LogP contribution in [0.5, 0.6) is 17.2 Å². The number of rotatable bonds is 19. The molecule has 5 N–H and O–H groups in total. The molecule has 0 fully saturated rings. The second kappa shape index (κ2) is 17.3. The number of carbonyl (C=O) groups is 3. The van der Waals surface area contributed by atoms with Gasteiger partial charge in [-0.2, -0.15) is 0 Å². The highest BCUT2D eigenvalue weighted by Gasteiger charge is 2.42. The predicted molar refractivity (Wildman–Crippen MR) is 144 cm³/mol. The van der Waals surface area contributed by atoms with E-state index >= 15 is 0 Å². The molecule has 1 aromatic rings. The van der Waals surface area contributed by atoms with E-state index in [-0.39, 0.29) is 12.0 Å². The zero-order valence-electron chi connectivity index (χ0n) is 23.1. The highest BCUT2D eigenvalue weighted by atomic mass is 16.6. The minimum Gasteiger partial charge on any atom is -0.504 e. The zero-order chi connectivity index (χ0) is 29.5. The standard InChI is InChI=1S/C29H42O11/c1-2-3-4-5-6-7-8-9-10-11-12-13-14-15-23(33)39-27-25(35)29(37)40-26(27)22(32)18-38-28(36)19-16-20(30)24(34)21(31)17-19/h16-17,22,26,30-32,34-35H,2-15,18H2,1H3. The molecular formula is C29H42O11. The molecule has 2 rings (SSSR count). The average molecular weight is 567 g/mol. The first-order valence-electron chi connectivity index (χ1n) is 14.1. The number of phenolic OH excluding ortho intramolecular Hbond substituents is 3. The maximum absolute atomic E-state index is 12.3. The summed E-state index contributed by atoms with van der Waals surface area (Å²) in [5, 5.41) is 48.8. The number of aliphatic hydroxyl groups excluding tert-OH is 2. The van der Waals surface area contributed by atoms with Crippen molar-refractivity contribution in [2.45, 2.75) is 109 Å². The van der Waals surface area contributed by atoms with E-state index in [9.17, 15) is 39.9 Å². The van der Waals surface area contributed by atoms with Crippen molar-refractivity contribution in [3.63, 3.8) is 0 Å². The number of carbonyl (C=O) groups excluding carboxylic acids is 3. The van der Waals surface area contributed by atoms with Crippen molar-refractivity contribution in [2.24, 2.45) is 0 Å². The van der Waals surface area contributed by atoms with Crippen LogP contribution in [0.2, 0.25) is 0 Å². The summed E-state index contributed by atoms with van der Waals surface area (Å²) in [6, 6.07) is 1.68. The van der Waals surface area contributed by atoms with Gasteiger partial charge in [0.2, 0.25) is 11.5 Å². The Balaban J connectivity index is 1.68. The number of aromatic hydroxyl groups is 3. The molecule has 2 atom stereocenters. The maximum Gasteiger partial charge on any atom is 0.378 e. The van der Waals surface area contributed by atoms with Gasteiger partial charge in [-0.3, -0.25) is 4.79 Å². The molecule has 0 aromatic heterocycles. The summed E-state index contributed by atoms with van der Waals surface area (Å²) in [5.41, 5.74) is -0.328. The number of aliphatic hydroxyl groups is 2. The summed E-state index contributed by atoms with van der Waals surface area (Å²) in [7, 11) is 0. The van der Waals surface area contributed by atoms with Crippen LogP contribution in [-0.4, -0.2) is 62.3 Å². The quantitative estimate of drug-likeness (QED) is 0.0655. The third kappa shape index (κ3) is 10.6. The zero-order valence-corrected chi connectivity index (χ0v) is 23.1. The van der Waals surface area contributed by atoms with Crippen LogP contribution < -0.4 is 0 Å². The molecule has 0 radical (unpaired) electrons. The summed E-state index contributed by atoms with van der Waals surface area (Å²) in [4.78, 5) is 36.3. The Morgan fingerprint density at radius 2 is 1.35 bits per heavy atom. The fraction of sp³-hybridized carbons (Fsp3) is 0.621. The third-order valence-electron chi connectivity index (χ3n) is 6.67. The maximum atomic E-state index is 12.3. The number of esters is 3. The molecular weight excluding hydrogens is 524 g/mol. The van der Waals surface area contributed by atoms with Crippen molar-refractivity contribution in [3.05, 3.63) is 29.2 Å². The average Bonchev–Trinajstić information content (AvgIpc) is 3.20. The minimum absolute atomic E-state index is 0.0500. The van der Waals surface area contributed by atoms with Crippen LogP contribution in [0, 0.1) is 0 Å². The summed E-state index contributed by atoms with van der Waals surface area (Å²) >= 11 is 0. The van der Waals surface area contributed by atoms with E-state index in [0.717, 1.165) is 31.4 Å². The number of phenols is 3. The molecule has 40 heavy (non-hydrogen) atoms. The van der Waals surface area contributed by atoms with E-state index in [1.807, 2.05) is 0 Å². The highest BCUT2D eigenvalue weighted by molar-refractivity contribution is 5.91. The van der Waals surface area contributed by atoms with Gasteiger partial charge in [0.05, 0.1) is 5.56 Å². The van der Waals surface area contributed by atoms with Crippen LogP contribution >= 0.6 is 0 Å². The summed E-state index contributed by atoms with van der Waals surface area (Å²) in [5.74, 6) is -6.84. The molecule has 0 saturated heterocycles. The minimum atomic E-state index is -1.70. The van der Waals surface area contributed by atoms with Gasteiger partial charge in [-0.1, -0.05) is 84.0 Å². The number of ether oxygens (including phenoxy) is 3. The van der Waals surface area contributed by atoms with Crippen molar-refractivity contribution in [1.29, 1.82) is 0 Å². The van der Waals surface area contributed by atoms with E-state index < -0.39 is 65.5 Å². The lowest BCUT2D eigenvalue weighted by molar-refractivity contribution is -0.151. The van der Waals surface area contributed by atoms with Crippen molar-refractivity contribution >= 4 is 17.9 Å². The van der Waals surface area contributed by atoms with Crippen molar-refractivity contribution in [2.75, 3.05) is 6.61 Å². The van der Waals surface area contributed by atoms with E-state index in [4.69, 9.17) is 14.2 Å². The Bertz CT molecular complexity index is 994. The van der Waals surface area contributed by atoms with E-state index in [1.165, 1.54) is 57.8 Å². The fourth-order valence-electron chi connectivity index (χ4n) is 4.33. The molecule has 0 bridgehead atoms. The number of cyclic esters (lactones) is 1. The first kappa shape index (κ1) is 32.7. The largest absolute Gasteiger partial charge is 0.504 e. The van der Waals surface area contributed by atoms with Gasteiger partial charge in [0.25, 0.3) is 0 Å². The summed E-state index contributed by atoms with van der Waals surface area (Å²) < 4.78 is 14.9. The molecule has 2 unspecified atom stereocenters. The molecule has 1 aliphatic heterocycles. The highest BCUT2D eigenvalue weighted by Crippen LogP contribution is 2.35. The van der Waals surface area contributed by atoms with Gasteiger partial charge in [-0.05, 0) is 18.6 Å². The van der Waals surface area contributed by atoms with Gasteiger partial charge in [0, 0.05) is 6.42 Å². The lowest BCUT2D eigenvalue weighted by Crippen LogP contribution is -2.34. The molecule has 0 spiro atoms. The molecule has 0 amide bonds. The number of hydrogen-bond acceptors (Lipinski definition) is 11. The van der Waals surface area contributed by atoms with Crippen LogP contribution in [0.3, 0.4) is 0 Å². The second-order valence-corrected chi connectivity index (χ2v) is 10.0. The molecule has 11 heteroatoms. The molecule has 1 aromatic carbocycles. The molecule has 1 aliphatic rings. The number of hydrogen-bond donors (Lipinski definition) is 5. The van der Waals surface area contributed by atoms with Crippen LogP contribution in [0.15, 0.2) is 23.7 Å². The van der Waals surface area contributed by atoms with Gasteiger partial charge in [0.15, 0.2) is 23.4 Å². The number of unbranched alkanes of at least 4 members (excludes halogenated alkanes) is 12. The van der Waals surface area contributed by atoms with Crippen molar-refractivity contribution in [3.8, 4) is 17.2 Å². The Kier molecular flexibility index (Phi) is 14.1. The van der Waals surface area contributed by atoms with E-state index in [2.05, 4.69) is 6.92 Å². The molecule has 11 nitrogen and oxygen atoms in total. The second-order valence-electron chi connectivity index (χ2n) is 10.0. The first-order valence-corrected chi connectivity index (χ1v) is 14.1. The Labute approximate surface area is 234 Å². The lowest BCUT2D eigenvalue weighted by Gasteiger charge is -2.19. The molecule has 224 valence electrons. The van der Waals surface area contributed by atoms with Crippen LogP contribution in [0.4, 0.5) is 0 Å². The smallest absolute Gasteiger partial charge is 0.378 e. The molecule has 1 heterocycles. The third-order valence-corrected chi connectivity index (χ3v) is 6.67. The normalized spacial score (nSPS) is 15.7. The predicted octanol–water partition coefficient (Wildman–Crippen LogP) is 5.04. The van der Waals surface area contributed by atoms with Crippen molar-refractivity contribution < 1.29 is 54.1 Å².